The molecule has 2 rings (SSSR count). The summed E-state index contributed by atoms with van der Waals surface area (Å²) in [6.45, 7) is 6.57. The molecule has 1 aliphatic heterocycles. The second-order valence-electron chi connectivity index (χ2n) is 5.33. The van der Waals surface area contributed by atoms with Crippen molar-refractivity contribution in [2.45, 2.75) is 45.7 Å². The molecule has 0 aromatic heterocycles. The molecule has 1 aliphatic rings. The number of hydrogen-bond donors (Lipinski definition) is 1. The molecular weight excluding hydrogens is 252 g/mol. The lowest BCUT2D eigenvalue weighted by Gasteiger charge is -2.45. The number of carbonyl (C=O) groups excluding carboxylic acids is 2. The number of amides is 2. The molecule has 4 heteroatoms. The van der Waals surface area contributed by atoms with E-state index in [1.165, 1.54) is 0 Å². The quantitative estimate of drug-likeness (QED) is 0.913. The number of carbonyl (C=O) groups is 2. The highest BCUT2D eigenvalue weighted by Gasteiger charge is 2.46. The van der Waals surface area contributed by atoms with E-state index in [4.69, 9.17) is 0 Å². The van der Waals surface area contributed by atoms with Gasteiger partial charge in [0.2, 0.25) is 11.8 Å². The number of rotatable bonds is 4. The Bertz CT molecular complexity index is 521. The predicted molar refractivity (Wildman–Crippen MR) is 78.1 cm³/mol. The normalized spacial score (nSPS) is 18.1. The Morgan fingerprint density at radius 3 is 2.45 bits per heavy atom. The molecule has 1 heterocycles. The molecule has 1 N–H and O–H groups in total. The minimum atomic E-state index is -0.711. The van der Waals surface area contributed by atoms with Gasteiger partial charge in [-0.05, 0) is 30.9 Å². The van der Waals surface area contributed by atoms with Gasteiger partial charge in [0.15, 0.2) is 0 Å². The van der Waals surface area contributed by atoms with E-state index in [-0.39, 0.29) is 18.4 Å². The minimum absolute atomic E-state index is 0.00319. The SMILES string of the molecule is CCC1(CC)C(=O)NCC(=O)N1Cc1ccccc1C. The zero-order valence-electron chi connectivity index (χ0n) is 12.4. The van der Waals surface area contributed by atoms with Crippen molar-refractivity contribution in [2.24, 2.45) is 0 Å². The Hall–Kier alpha value is -1.84. The first kappa shape index (κ1) is 14.6. The topological polar surface area (TPSA) is 49.4 Å². The van der Waals surface area contributed by atoms with E-state index in [0.29, 0.717) is 19.4 Å². The van der Waals surface area contributed by atoms with Crippen LogP contribution in [-0.4, -0.2) is 28.8 Å². The molecule has 4 nitrogen and oxygen atoms in total. The van der Waals surface area contributed by atoms with Crippen molar-refractivity contribution in [1.29, 1.82) is 0 Å². The third kappa shape index (κ3) is 2.30. The lowest BCUT2D eigenvalue weighted by Crippen LogP contribution is -2.66. The van der Waals surface area contributed by atoms with Crippen LogP contribution in [0.25, 0.3) is 0 Å². The van der Waals surface area contributed by atoms with E-state index in [0.717, 1.165) is 11.1 Å². The third-order valence-electron chi connectivity index (χ3n) is 4.40. The molecule has 1 fully saturated rings. The van der Waals surface area contributed by atoms with Gasteiger partial charge in [0.05, 0.1) is 6.54 Å². The molecule has 1 aromatic carbocycles. The Labute approximate surface area is 120 Å². The van der Waals surface area contributed by atoms with Gasteiger partial charge >= 0.3 is 0 Å². The molecule has 0 aliphatic carbocycles. The molecular formula is C16H22N2O2. The molecule has 2 amide bonds. The lowest BCUT2D eigenvalue weighted by atomic mass is 9.86. The second-order valence-corrected chi connectivity index (χ2v) is 5.33. The van der Waals surface area contributed by atoms with Gasteiger partial charge in [0.1, 0.15) is 5.54 Å². The molecule has 0 bridgehead atoms. The molecule has 0 unspecified atom stereocenters. The van der Waals surface area contributed by atoms with Gasteiger partial charge in [-0.1, -0.05) is 38.1 Å². The van der Waals surface area contributed by atoms with Crippen molar-refractivity contribution in [3.05, 3.63) is 35.4 Å². The van der Waals surface area contributed by atoms with Crippen LogP contribution in [0.4, 0.5) is 0 Å². The third-order valence-corrected chi connectivity index (χ3v) is 4.40. The van der Waals surface area contributed by atoms with Crippen molar-refractivity contribution in [2.75, 3.05) is 6.54 Å². The number of benzene rings is 1. The van der Waals surface area contributed by atoms with Crippen LogP contribution in [0.2, 0.25) is 0 Å². The Kier molecular flexibility index (Phi) is 4.12. The fourth-order valence-electron chi connectivity index (χ4n) is 2.93. The van der Waals surface area contributed by atoms with Crippen LogP contribution in [0.1, 0.15) is 37.8 Å². The summed E-state index contributed by atoms with van der Waals surface area (Å²) in [6.07, 6.45) is 1.26. The zero-order valence-corrected chi connectivity index (χ0v) is 12.4. The highest BCUT2D eigenvalue weighted by atomic mass is 16.2. The minimum Gasteiger partial charge on any atom is -0.345 e. The van der Waals surface area contributed by atoms with E-state index in [1.807, 2.05) is 45.0 Å². The maximum atomic E-state index is 12.3. The summed E-state index contributed by atoms with van der Waals surface area (Å²) in [4.78, 5) is 26.4. The number of hydrogen-bond acceptors (Lipinski definition) is 2. The standard InChI is InChI=1S/C16H22N2O2/c1-4-16(5-2)15(20)17-10-14(19)18(16)11-13-9-7-6-8-12(13)3/h6-9H,4-5,10-11H2,1-3H3,(H,17,20). The highest BCUT2D eigenvalue weighted by molar-refractivity contribution is 5.97. The lowest BCUT2D eigenvalue weighted by molar-refractivity contribution is -0.155. The predicted octanol–water partition coefficient (Wildman–Crippen LogP) is 2.01. The summed E-state index contributed by atoms with van der Waals surface area (Å²) in [7, 11) is 0. The zero-order chi connectivity index (χ0) is 14.8. The largest absolute Gasteiger partial charge is 0.345 e. The number of aryl methyl sites for hydroxylation is 1. The Balaban J connectivity index is 2.37. The van der Waals surface area contributed by atoms with Crippen molar-refractivity contribution in [1.82, 2.24) is 10.2 Å². The first-order chi connectivity index (χ1) is 9.55. The van der Waals surface area contributed by atoms with Gasteiger partial charge in [-0.2, -0.15) is 0 Å². The van der Waals surface area contributed by atoms with Crippen LogP contribution in [0.15, 0.2) is 24.3 Å². The smallest absolute Gasteiger partial charge is 0.246 e. The number of nitrogens with zero attached hydrogens (tertiary/aromatic N) is 1. The van der Waals surface area contributed by atoms with Crippen LogP contribution in [0, 0.1) is 6.92 Å². The van der Waals surface area contributed by atoms with Crippen LogP contribution < -0.4 is 5.32 Å². The van der Waals surface area contributed by atoms with E-state index < -0.39 is 5.54 Å². The van der Waals surface area contributed by atoms with Crippen LogP contribution in [0.3, 0.4) is 0 Å². The van der Waals surface area contributed by atoms with E-state index in [1.54, 1.807) is 4.90 Å². The Morgan fingerprint density at radius 2 is 1.85 bits per heavy atom. The van der Waals surface area contributed by atoms with E-state index in [2.05, 4.69) is 5.32 Å². The molecule has 1 saturated heterocycles. The van der Waals surface area contributed by atoms with Gasteiger partial charge in [0, 0.05) is 6.54 Å². The summed E-state index contributed by atoms with van der Waals surface area (Å²) in [5.41, 5.74) is 1.53. The number of piperazine rings is 1. The summed E-state index contributed by atoms with van der Waals surface area (Å²) in [5.74, 6) is -0.0350. The first-order valence-corrected chi connectivity index (χ1v) is 7.18. The van der Waals surface area contributed by atoms with Gasteiger partial charge < -0.3 is 10.2 Å². The van der Waals surface area contributed by atoms with E-state index in [9.17, 15) is 9.59 Å². The fourth-order valence-corrected chi connectivity index (χ4v) is 2.93. The molecule has 0 saturated carbocycles. The van der Waals surface area contributed by atoms with Gasteiger partial charge in [-0.3, -0.25) is 9.59 Å². The van der Waals surface area contributed by atoms with Crippen LogP contribution >= 0.6 is 0 Å². The summed E-state index contributed by atoms with van der Waals surface area (Å²) < 4.78 is 0. The average Bonchev–Trinajstić information content (AvgIpc) is 2.46. The van der Waals surface area contributed by atoms with Gasteiger partial charge in [-0.15, -0.1) is 0 Å². The van der Waals surface area contributed by atoms with Crippen LogP contribution in [0.5, 0.6) is 0 Å². The Morgan fingerprint density at radius 1 is 1.20 bits per heavy atom. The molecule has 0 spiro atoms. The second kappa shape index (κ2) is 5.65. The van der Waals surface area contributed by atoms with Crippen molar-refractivity contribution in [3.63, 3.8) is 0 Å². The van der Waals surface area contributed by atoms with Crippen LogP contribution in [-0.2, 0) is 16.1 Å². The fraction of sp³-hybridized carbons (Fsp3) is 0.500. The first-order valence-electron chi connectivity index (χ1n) is 7.18. The molecule has 108 valence electrons. The number of nitrogens with one attached hydrogen (secondary N) is 1. The maximum Gasteiger partial charge on any atom is 0.246 e. The highest BCUT2D eigenvalue weighted by Crippen LogP contribution is 2.29. The summed E-state index contributed by atoms with van der Waals surface area (Å²) in [5, 5.41) is 2.72. The average molecular weight is 274 g/mol. The van der Waals surface area contributed by atoms with E-state index >= 15 is 0 Å². The summed E-state index contributed by atoms with van der Waals surface area (Å²) >= 11 is 0. The van der Waals surface area contributed by atoms with Crippen molar-refractivity contribution in [3.8, 4) is 0 Å². The van der Waals surface area contributed by atoms with Crippen molar-refractivity contribution >= 4 is 11.8 Å². The monoisotopic (exact) mass is 274 g/mol. The van der Waals surface area contributed by atoms with Gasteiger partial charge in [0.25, 0.3) is 0 Å². The molecule has 0 atom stereocenters. The molecule has 20 heavy (non-hydrogen) atoms. The van der Waals surface area contributed by atoms with Crippen molar-refractivity contribution < 1.29 is 9.59 Å². The summed E-state index contributed by atoms with van der Waals surface area (Å²) in [6, 6.07) is 8.00. The van der Waals surface area contributed by atoms with Gasteiger partial charge in [-0.25, -0.2) is 0 Å². The molecule has 0 radical (unpaired) electrons. The molecule has 1 aromatic rings. The maximum absolute atomic E-state index is 12.3.